The van der Waals surface area contributed by atoms with Gasteiger partial charge in [0.1, 0.15) is 6.04 Å². The van der Waals surface area contributed by atoms with Crippen molar-refractivity contribution < 1.29 is 18.0 Å². The minimum Gasteiger partial charge on any atom is -0.355 e. The summed E-state index contributed by atoms with van der Waals surface area (Å²) in [6.45, 7) is 8.57. The number of carbonyl (C=O) groups is 2. The Labute approximate surface area is 204 Å². The zero-order valence-electron chi connectivity index (χ0n) is 20.9. The minimum absolute atomic E-state index is 0.139. The van der Waals surface area contributed by atoms with Crippen LogP contribution in [0.1, 0.15) is 49.8 Å². The molecule has 0 fully saturated rings. The van der Waals surface area contributed by atoms with Gasteiger partial charge in [0, 0.05) is 26.1 Å². The van der Waals surface area contributed by atoms with Gasteiger partial charge in [-0.05, 0) is 56.4 Å². The quantitative estimate of drug-likeness (QED) is 0.493. The molecule has 34 heavy (non-hydrogen) atoms. The molecule has 0 radical (unpaired) electrons. The summed E-state index contributed by atoms with van der Waals surface area (Å²) in [5, 5.41) is 2.82. The maximum absolute atomic E-state index is 13.3. The van der Waals surface area contributed by atoms with Gasteiger partial charge in [-0.15, -0.1) is 0 Å². The van der Waals surface area contributed by atoms with Crippen LogP contribution in [0, 0.1) is 13.8 Å². The van der Waals surface area contributed by atoms with E-state index < -0.39 is 16.1 Å². The van der Waals surface area contributed by atoms with Gasteiger partial charge >= 0.3 is 0 Å². The normalized spacial score (nSPS) is 12.1. The number of nitrogens with one attached hydrogen (secondary N) is 1. The molecule has 0 aliphatic rings. The van der Waals surface area contributed by atoms with E-state index in [4.69, 9.17) is 0 Å². The summed E-state index contributed by atoms with van der Waals surface area (Å²) in [6.07, 6.45) is 2.15. The highest BCUT2D eigenvalue weighted by Crippen LogP contribution is 2.25. The highest BCUT2D eigenvalue weighted by molar-refractivity contribution is 7.92. The largest absolute Gasteiger partial charge is 0.355 e. The van der Waals surface area contributed by atoms with Gasteiger partial charge in [0.05, 0.1) is 11.9 Å². The number of sulfonamides is 1. The number of hydrogen-bond acceptors (Lipinski definition) is 4. The maximum atomic E-state index is 13.3. The van der Waals surface area contributed by atoms with Crippen LogP contribution in [0.5, 0.6) is 0 Å². The summed E-state index contributed by atoms with van der Waals surface area (Å²) in [4.78, 5) is 27.6. The van der Waals surface area contributed by atoms with Gasteiger partial charge in [0.25, 0.3) is 0 Å². The Morgan fingerprint density at radius 2 is 1.68 bits per heavy atom. The van der Waals surface area contributed by atoms with Crippen molar-refractivity contribution >= 4 is 27.5 Å². The molecule has 2 amide bonds. The van der Waals surface area contributed by atoms with E-state index in [1.807, 2.05) is 70.2 Å². The van der Waals surface area contributed by atoms with Crippen LogP contribution in [0.15, 0.2) is 48.5 Å². The molecule has 0 aliphatic heterocycles. The summed E-state index contributed by atoms with van der Waals surface area (Å²) >= 11 is 0. The molecular formula is C26H37N3O4S. The third kappa shape index (κ3) is 7.32. The maximum Gasteiger partial charge on any atom is 0.242 e. The van der Waals surface area contributed by atoms with Crippen molar-refractivity contribution in [2.75, 3.05) is 23.7 Å². The van der Waals surface area contributed by atoms with E-state index in [9.17, 15) is 18.0 Å². The first kappa shape index (κ1) is 27.4. The topological polar surface area (TPSA) is 86.8 Å². The molecule has 1 atom stereocenters. The van der Waals surface area contributed by atoms with Crippen molar-refractivity contribution in [3.63, 3.8) is 0 Å². The molecule has 7 nitrogen and oxygen atoms in total. The number of carbonyl (C=O) groups excluding carboxylic acids is 2. The molecule has 8 heteroatoms. The van der Waals surface area contributed by atoms with Gasteiger partial charge in [-0.3, -0.25) is 13.9 Å². The van der Waals surface area contributed by atoms with Crippen LogP contribution in [0.3, 0.4) is 0 Å². The Balaban J connectivity index is 2.21. The van der Waals surface area contributed by atoms with E-state index in [-0.39, 0.29) is 24.8 Å². The van der Waals surface area contributed by atoms with Crippen LogP contribution in [0.2, 0.25) is 0 Å². The second kappa shape index (κ2) is 12.6. The Hall–Kier alpha value is -2.87. The molecule has 0 heterocycles. The van der Waals surface area contributed by atoms with Crippen molar-refractivity contribution in [3.8, 4) is 0 Å². The number of aryl methyl sites for hydroxylation is 1. The van der Waals surface area contributed by atoms with Crippen molar-refractivity contribution in [2.24, 2.45) is 0 Å². The van der Waals surface area contributed by atoms with Crippen molar-refractivity contribution in [1.82, 2.24) is 10.2 Å². The van der Waals surface area contributed by atoms with Gasteiger partial charge in [-0.1, -0.05) is 49.4 Å². The Morgan fingerprint density at radius 3 is 2.26 bits per heavy atom. The molecule has 2 aromatic carbocycles. The monoisotopic (exact) mass is 487 g/mol. The predicted molar refractivity (Wildman–Crippen MR) is 137 cm³/mol. The molecule has 0 unspecified atom stereocenters. The number of amides is 2. The van der Waals surface area contributed by atoms with Crippen LogP contribution in [0.4, 0.5) is 5.69 Å². The number of benzene rings is 2. The molecule has 0 saturated carbocycles. The smallest absolute Gasteiger partial charge is 0.242 e. The van der Waals surface area contributed by atoms with E-state index in [1.165, 1.54) is 10.6 Å². The van der Waals surface area contributed by atoms with Crippen LogP contribution < -0.4 is 9.62 Å². The standard InChI is InChI=1S/C26H37N3O4S/c1-6-23(26(31)27-7-2)28(19-22-14-9-8-10-15-22)25(30)17-12-18-29(34(5,32)33)24-16-11-13-20(3)21(24)4/h8-11,13-16,23H,6-7,12,17-19H2,1-5H3,(H,27,31)/t23-/m1/s1. The molecule has 0 aliphatic carbocycles. The van der Waals surface area contributed by atoms with Gasteiger partial charge in [-0.25, -0.2) is 8.42 Å². The zero-order chi connectivity index (χ0) is 25.3. The van der Waals surface area contributed by atoms with Crippen molar-refractivity contribution in [3.05, 3.63) is 65.2 Å². The third-order valence-corrected chi connectivity index (χ3v) is 7.11. The summed E-state index contributed by atoms with van der Waals surface area (Å²) in [5.74, 6) is -0.348. The first-order chi connectivity index (χ1) is 16.1. The summed E-state index contributed by atoms with van der Waals surface area (Å²) < 4.78 is 26.4. The first-order valence-corrected chi connectivity index (χ1v) is 13.6. The minimum atomic E-state index is -3.52. The van der Waals surface area contributed by atoms with Crippen LogP contribution >= 0.6 is 0 Å². The van der Waals surface area contributed by atoms with Gasteiger partial charge in [-0.2, -0.15) is 0 Å². The van der Waals surface area contributed by atoms with Crippen LogP contribution in [-0.2, 0) is 26.2 Å². The zero-order valence-corrected chi connectivity index (χ0v) is 21.7. The highest BCUT2D eigenvalue weighted by Gasteiger charge is 2.28. The summed E-state index contributed by atoms with van der Waals surface area (Å²) in [6, 6.07) is 14.5. The van der Waals surface area contributed by atoms with E-state index in [2.05, 4.69) is 5.32 Å². The number of nitrogens with zero attached hydrogens (tertiary/aromatic N) is 2. The van der Waals surface area contributed by atoms with E-state index >= 15 is 0 Å². The fraction of sp³-hybridized carbons (Fsp3) is 0.462. The molecule has 0 aromatic heterocycles. The average Bonchev–Trinajstić information content (AvgIpc) is 2.79. The molecule has 0 saturated heterocycles. The first-order valence-electron chi connectivity index (χ1n) is 11.7. The third-order valence-electron chi connectivity index (χ3n) is 5.93. The number of anilines is 1. The summed E-state index contributed by atoms with van der Waals surface area (Å²) in [7, 11) is -3.52. The van der Waals surface area contributed by atoms with E-state index in [0.29, 0.717) is 31.6 Å². The molecule has 186 valence electrons. The Bertz CT molecular complexity index is 1070. The lowest BCUT2D eigenvalue weighted by atomic mass is 10.1. The van der Waals surface area contributed by atoms with Gasteiger partial charge in [0.15, 0.2) is 0 Å². The number of hydrogen-bond donors (Lipinski definition) is 1. The lowest BCUT2D eigenvalue weighted by Crippen LogP contribution is -2.49. The second-order valence-corrected chi connectivity index (χ2v) is 10.4. The predicted octanol–water partition coefficient (Wildman–Crippen LogP) is 3.79. The Morgan fingerprint density at radius 1 is 1.00 bits per heavy atom. The highest BCUT2D eigenvalue weighted by atomic mass is 32.2. The van der Waals surface area contributed by atoms with Crippen LogP contribution in [0.25, 0.3) is 0 Å². The average molecular weight is 488 g/mol. The number of rotatable bonds is 12. The van der Waals surface area contributed by atoms with E-state index in [0.717, 1.165) is 16.7 Å². The fourth-order valence-corrected chi connectivity index (χ4v) is 5.00. The van der Waals surface area contributed by atoms with Crippen molar-refractivity contribution in [2.45, 2.75) is 59.5 Å². The van der Waals surface area contributed by atoms with E-state index in [1.54, 1.807) is 11.0 Å². The molecule has 2 rings (SSSR count). The molecule has 1 N–H and O–H groups in total. The lowest BCUT2D eigenvalue weighted by Gasteiger charge is -2.31. The lowest BCUT2D eigenvalue weighted by molar-refractivity contribution is -0.141. The fourth-order valence-electron chi connectivity index (χ4n) is 3.98. The molecular weight excluding hydrogens is 450 g/mol. The van der Waals surface area contributed by atoms with Gasteiger partial charge < -0.3 is 10.2 Å². The van der Waals surface area contributed by atoms with Gasteiger partial charge in [0.2, 0.25) is 21.8 Å². The Kier molecular flexibility index (Phi) is 10.1. The SMILES string of the molecule is CCNC(=O)[C@@H](CC)N(Cc1ccccc1)C(=O)CCCN(c1cccc(C)c1C)S(C)(=O)=O. The molecule has 2 aromatic rings. The number of likely N-dealkylation sites (N-methyl/N-ethyl adjacent to an activating group) is 1. The molecule has 0 spiro atoms. The summed E-state index contributed by atoms with van der Waals surface area (Å²) in [5.41, 5.74) is 3.47. The second-order valence-electron chi connectivity index (χ2n) is 8.48. The van der Waals surface area contributed by atoms with Crippen LogP contribution in [-0.4, -0.2) is 50.5 Å². The van der Waals surface area contributed by atoms with Crippen molar-refractivity contribution in [1.29, 1.82) is 0 Å². The molecule has 0 bridgehead atoms.